The Morgan fingerprint density at radius 1 is 1.32 bits per heavy atom. The maximum atomic E-state index is 11.4. The molecule has 2 aliphatic rings. The van der Waals surface area contributed by atoms with E-state index in [1.54, 1.807) is 6.20 Å². The third-order valence-corrected chi connectivity index (χ3v) is 5.50. The fourth-order valence-electron chi connectivity index (χ4n) is 3.95. The molecule has 1 fully saturated rings. The molecule has 1 atom stereocenters. The van der Waals surface area contributed by atoms with Gasteiger partial charge in [-0.3, -0.25) is 9.78 Å². The van der Waals surface area contributed by atoms with Crippen molar-refractivity contribution < 1.29 is 9.53 Å². The van der Waals surface area contributed by atoms with E-state index in [1.165, 1.54) is 20.0 Å². The monoisotopic (exact) mass is 336 g/mol. The molecule has 25 heavy (non-hydrogen) atoms. The average molecular weight is 336 g/mol. The minimum absolute atomic E-state index is 0.0801. The molecular weight excluding hydrogens is 312 g/mol. The lowest BCUT2D eigenvalue weighted by molar-refractivity contribution is -0.142. The number of ether oxygens (including phenoxy) is 1. The lowest BCUT2D eigenvalue weighted by atomic mass is 9.73. The molecule has 130 valence electrons. The average Bonchev–Trinajstić information content (AvgIpc) is 2.69. The van der Waals surface area contributed by atoms with Crippen LogP contribution in [0, 0.1) is 29.1 Å². The summed E-state index contributed by atoms with van der Waals surface area (Å²) < 4.78 is 4.78. The molecule has 2 aliphatic carbocycles. The molecule has 1 aromatic rings. The molecule has 1 aromatic heterocycles. The van der Waals surface area contributed by atoms with E-state index in [0.29, 0.717) is 29.7 Å². The zero-order valence-electron chi connectivity index (χ0n) is 14.6. The molecule has 0 aliphatic heterocycles. The Morgan fingerprint density at radius 3 is 2.68 bits per heavy atom. The smallest absolute Gasteiger partial charge is 0.305 e. The number of esters is 1. The van der Waals surface area contributed by atoms with E-state index in [2.05, 4.69) is 29.3 Å². The Hall–Kier alpha value is -2.41. The van der Waals surface area contributed by atoms with Gasteiger partial charge in [-0.1, -0.05) is 18.2 Å². The second-order valence-corrected chi connectivity index (χ2v) is 7.02. The Kier molecular flexibility index (Phi) is 5.65. The van der Waals surface area contributed by atoms with Crippen LogP contribution >= 0.6 is 0 Å². The molecule has 0 radical (unpaired) electrons. The van der Waals surface area contributed by atoms with Crippen molar-refractivity contribution in [1.29, 1.82) is 5.26 Å². The van der Waals surface area contributed by atoms with Gasteiger partial charge in [0.2, 0.25) is 0 Å². The van der Waals surface area contributed by atoms with Gasteiger partial charge >= 0.3 is 5.97 Å². The van der Waals surface area contributed by atoms with Crippen LogP contribution in [-0.4, -0.2) is 18.1 Å². The number of aromatic nitrogens is 1. The van der Waals surface area contributed by atoms with Gasteiger partial charge in [0.05, 0.1) is 18.4 Å². The minimum atomic E-state index is -0.0801. The van der Waals surface area contributed by atoms with Gasteiger partial charge in [-0.15, -0.1) is 0 Å². The van der Waals surface area contributed by atoms with Crippen LogP contribution < -0.4 is 0 Å². The van der Waals surface area contributed by atoms with E-state index in [-0.39, 0.29) is 5.97 Å². The fourth-order valence-corrected chi connectivity index (χ4v) is 3.95. The van der Waals surface area contributed by atoms with Gasteiger partial charge in [0, 0.05) is 12.6 Å². The van der Waals surface area contributed by atoms with Crippen LogP contribution in [0.4, 0.5) is 0 Å². The largest absolute Gasteiger partial charge is 0.469 e. The normalized spacial score (nSPS) is 25.8. The molecule has 0 spiro atoms. The van der Waals surface area contributed by atoms with E-state index in [9.17, 15) is 4.79 Å². The van der Waals surface area contributed by atoms with Crippen molar-refractivity contribution in [3.63, 3.8) is 0 Å². The van der Waals surface area contributed by atoms with E-state index in [4.69, 9.17) is 10.00 Å². The number of methoxy groups -OCH3 is 1. The Bertz CT molecular complexity index is 704. The lowest BCUT2D eigenvalue weighted by Gasteiger charge is -2.33. The summed E-state index contributed by atoms with van der Waals surface area (Å²) in [6, 6.07) is 5.82. The molecule has 0 aromatic carbocycles. The van der Waals surface area contributed by atoms with Crippen LogP contribution in [0.25, 0.3) is 5.57 Å². The maximum Gasteiger partial charge on any atom is 0.305 e. The molecule has 0 bridgehead atoms. The molecule has 4 heteroatoms. The van der Waals surface area contributed by atoms with Gasteiger partial charge in [0.15, 0.2) is 0 Å². The third-order valence-electron chi connectivity index (χ3n) is 5.50. The lowest BCUT2D eigenvalue weighted by Crippen LogP contribution is -2.23. The molecule has 4 nitrogen and oxygen atoms in total. The minimum Gasteiger partial charge on any atom is -0.469 e. The standard InChI is InChI=1S/C21H24N2O2/c1-25-21(24)12-15-2-5-17(6-3-15)18-7-9-19(10-8-18)20-11-4-16(13-22)14-23-20/h4,7,9-11,14-15,17-18H,2-3,5-6,8,12H2,1H3. The van der Waals surface area contributed by atoms with Gasteiger partial charge in [-0.05, 0) is 67.6 Å². The van der Waals surface area contributed by atoms with Crippen molar-refractivity contribution in [2.75, 3.05) is 7.11 Å². The number of carbonyl (C=O) groups excluding carboxylic acids is 1. The van der Waals surface area contributed by atoms with Gasteiger partial charge in [0.1, 0.15) is 6.07 Å². The first-order valence-corrected chi connectivity index (χ1v) is 9.01. The van der Waals surface area contributed by atoms with E-state index >= 15 is 0 Å². The SMILES string of the molecule is COC(=O)CC1CCC(C2C=CC(c3ccc(C#N)cn3)=CC2)CC1. The fraction of sp³-hybridized carbons (Fsp3) is 0.476. The summed E-state index contributed by atoms with van der Waals surface area (Å²) in [5, 5.41) is 8.85. The quantitative estimate of drug-likeness (QED) is 0.770. The first kappa shape index (κ1) is 17.4. The number of hydrogen-bond acceptors (Lipinski definition) is 4. The number of nitrogens with zero attached hydrogens (tertiary/aromatic N) is 2. The Labute approximate surface area is 149 Å². The number of pyridine rings is 1. The highest BCUT2D eigenvalue weighted by atomic mass is 16.5. The van der Waals surface area contributed by atoms with Crippen LogP contribution in [0.15, 0.2) is 36.6 Å². The van der Waals surface area contributed by atoms with Crippen molar-refractivity contribution in [3.8, 4) is 6.07 Å². The predicted octanol–water partition coefficient (Wildman–Crippen LogP) is 4.28. The first-order chi connectivity index (χ1) is 12.2. The van der Waals surface area contributed by atoms with Crippen LogP contribution in [0.2, 0.25) is 0 Å². The zero-order valence-corrected chi connectivity index (χ0v) is 14.6. The van der Waals surface area contributed by atoms with Gasteiger partial charge in [0.25, 0.3) is 0 Å². The summed E-state index contributed by atoms with van der Waals surface area (Å²) >= 11 is 0. The molecule has 0 saturated heterocycles. The van der Waals surface area contributed by atoms with Crippen molar-refractivity contribution >= 4 is 11.5 Å². The van der Waals surface area contributed by atoms with Gasteiger partial charge in [-0.25, -0.2) is 0 Å². The molecular formula is C21H24N2O2. The van der Waals surface area contributed by atoms with Crippen LogP contribution in [-0.2, 0) is 9.53 Å². The summed E-state index contributed by atoms with van der Waals surface area (Å²) in [5.74, 6) is 1.70. The summed E-state index contributed by atoms with van der Waals surface area (Å²) in [4.78, 5) is 15.8. The molecule has 0 amide bonds. The number of allylic oxidation sites excluding steroid dienone is 4. The highest BCUT2D eigenvalue weighted by molar-refractivity contribution is 5.72. The molecule has 1 saturated carbocycles. The van der Waals surface area contributed by atoms with Crippen LogP contribution in [0.3, 0.4) is 0 Å². The van der Waals surface area contributed by atoms with Crippen molar-refractivity contribution in [2.45, 2.75) is 38.5 Å². The molecule has 0 N–H and O–H groups in total. The van der Waals surface area contributed by atoms with E-state index in [1.807, 2.05) is 12.1 Å². The van der Waals surface area contributed by atoms with Crippen molar-refractivity contribution in [3.05, 3.63) is 47.8 Å². The van der Waals surface area contributed by atoms with E-state index in [0.717, 1.165) is 30.5 Å². The summed E-state index contributed by atoms with van der Waals surface area (Å²) in [7, 11) is 1.47. The van der Waals surface area contributed by atoms with Crippen molar-refractivity contribution in [1.82, 2.24) is 4.98 Å². The Balaban J connectivity index is 1.52. The predicted molar refractivity (Wildman–Crippen MR) is 96.3 cm³/mol. The topological polar surface area (TPSA) is 63.0 Å². The van der Waals surface area contributed by atoms with Crippen LogP contribution in [0.1, 0.15) is 49.8 Å². The number of carbonyl (C=O) groups is 1. The van der Waals surface area contributed by atoms with E-state index < -0.39 is 0 Å². The molecule has 1 unspecified atom stereocenters. The number of rotatable bonds is 4. The van der Waals surface area contributed by atoms with Gasteiger partial charge < -0.3 is 4.74 Å². The molecule has 3 rings (SSSR count). The third kappa shape index (κ3) is 4.36. The highest BCUT2D eigenvalue weighted by Crippen LogP contribution is 2.39. The maximum absolute atomic E-state index is 11.4. The summed E-state index contributed by atoms with van der Waals surface area (Å²) in [5.41, 5.74) is 2.65. The highest BCUT2D eigenvalue weighted by Gasteiger charge is 2.28. The van der Waals surface area contributed by atoms with Crippen molar-refractivity contribution in [2.24, 2.45) is 17.8 Å². The molecule has 1 heterocycles. The second kappa shape index (κ2) is 8.11. The summed E-state index contributed by atoms with van der Waals surface area (Å²) in [6.07, 6.45) is 14.6. The van der Waals surface area contributed by atoms with Crippen LogP contribution in [0.5, 0.6) is 0 Å². The number of hydrogen-bond donors (Lipinski definition) is 0. The Morgan fingerprint density at radius 2 is 2.12 bits per heavy atom. The summed E-state index contributed by atoms with van der Waals surface area (Å²) in [6.45, 7) is 0. The van der Waals surface area contributed by atoms with Gasteiger partial charge in [-0.2, -0.15) is 5.26 Å². The zero-order chi connectivity index (χ0) is 17.6. The second-order valence-electron chi connectivity index (χ2n) is 7.02. The number of nitriles is 1. The first-order valence-electron chi connectivity index (χ1n) is 9.01.